The Morgan fingerprint density at radius 1 is 1.14 bits per heavy atom. The van der Waals surface area contributed by atoms with Crippen LogP contribution in [0, 0.1) is 0 Å². The standard InChI is InChI=1S/C19H19Cl2F2NO4/c20-14-9-24-10-15(21)13(14)8-16(25)11-1-2-17(28-19(22)23)18(7-11)27-12-3-5-26-6-4-12/h1-2,7,9-10,12,16,19,25H,3-6,8H2. The molecule has 28 heavy (non-hydrogen) atoms. The van der Waals surface area contributed by atoms with Gasteiger partial charge in [0, 0.05) is 31.7 Å². The predicted molar refractivity (Wildman–Crippen MR) is 100 cm³/mol. The average molecular weight is 434 g/mol. The van der Waals surface area contributed by atoms with Crippen molar-refractivity contribution < 1.29 is 28.1 Å². The van der Waals surface area contributed by atoms with E-state index in [0.717, 1.165) is 0 Å². The van der Waals surface area contributed by atoms with Crippen LogP contribution in [0.25, 0.3) is 0 Å². The molecular formula is C19H19Cl2F2NO4. The molecule has 2 aromatic rings. The molecule has 1 aromatic carbocycles. The molecule has 152 valence electrons. The quantitative estimate of drug-likeness (QED) is 0.677. The van der Waals surface area contributed by atoms with Gasteiger partial charge in [-0.25, -0.2) is 0 Å². The van der Waals surface area contributed by atoms with Gasteiger partial charge in [-0.3, -0.25) is 4.98 Å². The molecule has 1 N–H and O–H groups in total. The summed E-state index contributed by atoms with van der Waals surface area (Å²) < 4.78 is 41.2. The van der Waals surface area contributed by atoms with Crippen molar-refractivity contribution in [2.24, 2.45) is 0 Å². The van der Waals surface area contributed by atoms with Crippen LogP contribution in [0.3, 0.4) is 0 Å². The van der Waals surface area contributed by atoms with Gasteiger partial charge < -0.3 is 19.3 Å². The van der Waals surface area contributed by atoms with E-state index in [1.54, 1.807) is 0 Å². The SMILES string of the molecule is OC(Cc1c(Cl)cncc1Cl)c1ccc(OC(F)F)c(OC2CCOCC2)c1. The first kappa shape index (κ1) is 21.0. The van der Waals surface area contributed by atoms with Gasteiger partial charge in [-0.1, -0.05) is 29.3 Å². The van der Waals surface area contributed by atoms with Gasteiger partial charge in [0.15, 0.2) is 11.5 Å². The Bertz CT molecular complexity index is 783. The molecule has 9 heteroatoms. The van der Waals surface area contributed by atoms with Crippen molar-refractivity contribution in [3.05, 3.63) is 51.8 Å². The van der Waals surface area contributed by atoms with E-state index in [1.165, 1.54) is 30.6 Å². The third-order valence-electron chi connectivity index (χ3n) is 4.38. The largest absolute Gasteiger partial charge is 0.486 e. The van der Waals surface area contributed by atoms with Crippen LogP contribution in [0.4, 0.5) is 8.78 Å². The van der Waals surface area contributed by atoms with Crippen LogP contribution in [0.1, 0.15) is 30.1 Å². The summed E-state index contributed by atoms with van der Waals surface area (Å²) in [5.74, 6) is 0.0630. The monoisotopic (exact) mass is 433 g/mol. The molecule has 0 spiro atoms. The summed E-state index contributed by atoms with van der Waals surface area (Å²) in [4.78, 5) is 3.88. The van der Waals surface area contributed by atoms with Crippen LogP contribution in [-0.2, 0) is 11.2 Å². The zero-order chi connectivity index (χ0) is 20.1. The van der Waals surface area contributed by atoms with Gasteiger partial charge in [-0.2, -0.15) is 8.78 Å². The fourth-order valence-electron chi connectivity index (χ4n) is 2.93. The van der Waals surface area contributed by atoms with Gasteiger partial charge in [0.1, 0.15) is 6.10 Å². The molecule has 5 nitrogen and oxygen atoms in total. The summed E-state index contributed by atoms with van der Waals surface area (Å²) in [6.07, 6.45) is 3.14. The fourth-order valence-corrected chi connectivity index (χ4v) is 3.45. The van der Waals surface area contributed by atoms with E-state index in [4.69, 9.17) is 32.7 Å². The number of aliphatic hydroxyl groups excluding tert-OH is 1. The lowest BCUT2D eigenvalue weighted by Crippen LogP contribution is -2.26. The fraction of sp³-hybridized carbons (Fsp3) is 0.421. The predicted octanol–water partition coefficient (Wildman–Crippen LogP) is 4.82. The zero-order valence-corrected chi connectivity index (χ0v) is 16.3. The van der Waals surface area contributed by atoms with E-state index >= 15 is 0 Å². The normalized spacial score (nSPS) is 16.2. The van der Waals surface area contributed by atoms with Crippen LogP contribution >= 0.6 is 23.2 Å². The highest BCUT2D eigenvalue weighted by Crippen LogP contribution is 2.35. The Morgan fingerprint density at radius 3 is 2.46 bits per heavy atom. The van der Waals surface area contributed by atoms with E-state index < -0.39 is 12.7 Å². The van der Waals surface area contributed by atoms with E-state index in [-0.39, 0.29) is 24.0 Å². The van der Waals surface area contributed by atoms with Crippen molar-refractivity contribution in [2.45, 2.75) is 38.1 Å². The van der Waals surface area contributed by atoms with Crippen LogP contribution in [0.2, 0.25) is 10.0 Å². The summed E-state index contributed by atoms with van der Waals surface area (Å²) >= 11 is 12.2. The molecule has 1 aromatic heterocycles. The molecule has 2 heterocycles. The van der Waals surface area contributed by atoms with Gasteiger partial charge in [-0.05, 0) is 23.3 Å². The maximum atomic E-state index is 12.7. The first-order valence-electron chi connectivity index (χ1n) is 8.73. The smallest absolute Gasteiger partial charge is 0.387 e. The molecule has 0 bridgehead atoms. The van der Waals surface area contributed by atoms with Crippen LogP contribution in [-0.4, -0.2) is 36.0 Å². The molecule has 1 aliphatic heterocycles. The minimum Gasteiger partial charge on any atom is -0.486 e. The first-order chi connectivity index (χ1) is 13.4. The molecule has 0 amide bonds. The lowest BCUT2D eigenvalue weighted by molar-refractivity contribution is -0.0533. The third-order valence-corrected chi connectivity index (χ3v) is 5.03. The Kier molecular flexibility index (Phi) is 7.29. The number of benzene rings is 1. The number of rotatable bonds is 7. The van der Waals surface area contributed by atoms with Gasteiger partial charge >= 0.3 is 6.61 Å². The molecule has 0 saturated carbocycles. The summed E-state index contributed by atoms with van der Waals surface area (Å²) in [6, 6.07) is 4.36. The van der Waals surface area contributed by atoms with Gasteiger partial charge in [0.05, 0.1) is 29.4 Å². The summed E-state index contributed by atoms with van der Waals surface area (Å²) in [6.45, 7) is -1.91. The number of hydrogen-bond donors (Lipinski definition) is 1. The topological polar surface area (TPSA) is 60.8 Å². The molecule has 0 radical (unpaired) electrons. The Balaban J connectivity index is 1.83. The lowest BCUT2D eigenvalue weighted by Gasteiger charge is -2.25. The Labute approximate surface area is 171 Å². The first-order valence-corrected chi connectivity index (χ1v) is 9.48. The van der Waals surface area contributed by atoms with E-state index in [0.29, 0.717) is 47.2 Å². The maximum absolute atomic E-state index is 12.7. The Hall–Kier alpha value is -1.67. The number of aromatic nitrogens is 1. The molecule has 3 rings (SSSR count). The second kappa shape index (κ2) is 9.69. The minimum absolute atomic E-state index is 0.0857. The summed E-state index contributed by atoms with van der Waals surface area (Å²) in [5.41, 5.74) is 1.01. The number of nitrogens with zero attached hydrogens (tertiary/aromatic N) is 1. The molecule has 1 atom stereocenters. The second-order valence-corrected chi connectivity index (χ2v) is 7.13. The van der Waals surface area contributed by atoms with Gasteiger partial charge in [0.2, 0.25) is 0 Å². The van der Waals surface area contributed by atoms with Crippen molar-refractivity contribution in [3.8, 4) is 11.5 Å². The van der Waals surface area contributed by atoms with Crippen LogP contribution in [0.5, 0.6) is 11.5 Å². The highest BCUT2D eigenvalue weighted by molar-refractivity contribution is 6.35. The zero-order valence-electron chi connectivity index (χ0n) is 14.8. The molecular weight excluding hydrogens is 415 g/mol. The molecule has 1 unspecified atom stereocenters. The van der Waals surface area contributed by atoms with Crippen molar-refractivity contribution >= 4 is 23.2 Å². The van der Waals surface area contributed by atoms with Crippen molar-refractivity contribution in [2.75, 3.05) is 13.2 Å². The van der Waals surface area contributed by atoms with Crippen molar-refractivity contribution in [1.29, 1.82) is 0 Å². The average Bonchev–Trinajstić information content (AvgIpc) is 2.66. The number of aliphatic hydroxyl groups is 1. The lowest BCUT2D eigenvalue weighted by atomic mass is 10.0. The molecule has 1 fully saturated rings. The number of hydrogen-bond acceptors (Lipinski definition) is 5. The minimum atomic E-state index is -2.98. The number of ether oxygens (including phenoxy) is 3. The Morgan fingerprint density at radius 2 is 1.82 bits per heavy atom. The van der Waals surface area contributed by atoms with E-state index in [2.05, 4.69) is 9.72 Å². The third kappa shape index (κ3) is 5.44. The molecule has 0 aliphatic carbocycles. The maximum Gasteiger partial charge on any atom is 0.387 e. The highest BCUT2D eigenvalue weighted by atomic mass is 35.5. The van der Waals surface area contributed by atoms with E-state index in [9.17, 15) is 13.9 Å². The van der Waals surface area contributed by atoms with Crippen LogP contribution in [0.15, 0.2) is 30.6 Å². The summed E-state index contributed by atoms with van der Waals surface area (Å²) in [7, 11) is 0. The van der Waals surface area contributed by atoms with Gasteiger partial charge in [-0.15, -0.1) is 0 Å². The number of alkyl halides is 2. The second-order valence-electron chi connectivity index (χ2n) is 6.32. The van der Waals surface area contributed by atoms with Gasteiger partial charge in [0.25, 0.3) is 0 Å². The highest BCUT2D eigenvalue weighted by Gasteiger charge is 2.21. The van der Waals surface area contributed by atoms with E-state index in [1.807, 2.05) is 0 Å². The van der Waals surface area contributed by atoms with Crippen LogP contribution < -0.4 is 9.47 Å². The number of halogens is 4. The van der Waals surface area contributed by atoms with Crippen molar-refractivity contribution in [1.82, 2.24) is 4.98 Å². The summed E-state index contributed by atoms with van der Waals surface area (Å²) in [5, 5.41) is 11.3. The number of pyridine rings is 1. The molecule has 1 saturated heterocycles. The van der Waals surface area contributed by atoms with Crippen molar-refractivity contribution in [3.63, 3.8) is 0 Å². The molecule has 1 aliphatic rings.